The van der Waals surface area contributed by atoms with Gasteiger partial charge >= 0.3 is 0 Å². The first kappa shape index (κ1) is 13.9. The summed E-state index contributed by atoms with van der Waals surface area (Å²) in [6.45, 7) is 6.45. The Morgan fingerprint density at radius 3 is 2.25 bits per heavy atom. The second-order valence-electron chi connectivity index (χ2n) is 5.66. The van der Waals surface area contributed by atoms with Gasteiger partial charge in [0.25, 0.3) is 0 Å². The van der Waals surface area contributed by atoms with Crippen molar-refractivity contribution in [3.05, 3.63) is 0 Å². The lowest BCUT2D eigenvalue weighted by molar-refractivity contribution is -0.119. The third kappa shape index (κ3) is 6.41. The van der Waals surface area contributed by atoms with Gasteiger partial charge in [-0.1, -0.05) is 46.5 Å². The van der Waals surface area contributed by atoms with E-state index in [0.717, 1.165) is 0 Å². The molecule has 16 heavy (non-hydrogen) atoms. The zero-order valence-electron chi connectivity index (χ0n) is 10.8. The van der Waals surface area contributed by atoms with Crippen LogP contribution in [-0.4, -0.2) is 22.4 Å². The molecule has 3 heteroatoms. The van der Waals surface area contributed by atoms with Crippen LogP contribution in [-0.2, 0) is 4.79 Å². The van der Waals surface area contributed by atoms with E-state index in [0.29, 0.717) is 11.8 Å². The summed E-state index contributed by atoms with van der Waals surface area (Å²) in [5.74, 6) is 0.812. The molecule has 0 radical (unpaired) electrons. The molecule has 0 aliphatic heterocycles. The number of amides is 1. The van der Waals surface area contributed by atoms with Gasteiger partial charge in [0.2, 0.25) is 5.91 Å². The zero-order valence-corrected chi connectivity index (χ0v) is 11.7. The molecule has 1 N–H and O–H groups in total. The van der Waals surface area contributed by atoms with Crippen molar-refractivity contribution in [1.82, 2.24) is 5.32 Å². The molecule has 1 aliphatic carbocycles. The Balaban J connectivity index is 2.22. The van der Waals surface area contributed by atoms with Crippen molar-refractivity contribution in [1.29, 1.82) is 0 Å². The van der Waals surface area contributed by atoms with E-state index < -0.39 is 0 Å². The van der Waals surface area contributed by atoms with E-state index in [1.165, 1.54) is 38.5 Å². The molecule has 0 aromatic carbocycles. The van der Waals surface area contributed by atoms with Crippen molar-refractivity contribution in [3.63, 3.8) is 0 Å². The number of rotatable bonds is 3. The molecule has 1 aliphatic rings. The number of nitrogens with one attached hydrogen (secondary N) is 1. The molecule has 0 saturated heterocycles. The lowest BCUT2D eigenvalue weighted by atomic mass is 10.1. The predicted molar refractivity (Wildman–Crippen MR) is 71.8 cm³/mol. The van der Waals surface area contributed by atoms with E-state index in [1.54, 1.807) is 11.8 Å². The van der Waals surface area contributed by atoms with Crippen LogP contribution >= 0.6 is 11.8 Å². The highest BCUT2D eigenvalue weighted by atomic mass is 32.2. The molecule has 0 spiro atoms. The van der Waals surface area contributed by atoms with Gasteiger partial charge in [0.15, 0.2) is 0 Å². The van der Waals surface area contributed by atoms with Gasteiger partial charge in [-0.15, -0.1) is 11.8 Å². The van der Waals surface area contributed by atoms with Crippen LogP contribution in [0.4, 0.5) is 0 Å². The molecule has 1 rings (SSSR count). The molecule has 2 nitrogen and oxygen atoms in total. The molecule has 1 saturated carbocycles. The highest BCUT2D eigenvalue weighted by Gasteiger charge is 2.17. The fraction of sp³-hybridized carbons (Fsp3) is 0.923. The Bertz CT molecular complexity index is 214. The fourth-order valence-corrected chi connectivity index (χ4v) is 2.62. The molecule has 0 bridgehead atoms. The lowest BCUT2D eigenvalue weighted by Crippen LogP contribution is -2.36. The quantitative estimate of drug-likeness (QED) is 0.770. The second kappa shape index (κ2) is 6.53. The summed E-state index contributed by atoms with van der Waals surface area (Å²) in [6.07, 6.45) is 7.57. The summed E-state index contributed by atoms with van der Waals surface area (Å²) in [5.41, 5.74) is 0. The first-order valence-corrected chi connectivity index (χ1v) is 7.39. The molecule has 0 heterocycles. The maximum absolute atomic E-state index is 11.7. The van der Waals surface area contributed by atoms with Crippen LogP contribution < -0.4 is 5.32 Å². The van der Waals surface area contributed by atoms with Gasteiger partial charge < -0.3 is 5.32 Å². The molecule has 0 unspecified atom stereocenters. The molecule has 0 aromatic rings. The van der Waals surface area contributed by atoms with E-state index in [-0.39, 0.29) is 10.7 Å². The Hall–Kier alpha value is -0.180. The van der Waals surface area contributed by atoms with Gasteiger partial charge in [-0.25, -0.2) is 0 Å². The van der Waals surface area contributed by atoms with Crippen LogP contribution in [0.3, 0.4) is 0 Å². The minimum Gasteiger partial charge on any atom is -0.353 e. The summed E-state index contributed by atoms with van der Waals surface area (Å²) in [7, 11) is 0. The standard InChI is InChI=1S/C13H25NOS/c1-13(2,3)16-10-12(15)14-11-8-6-4-5-7-9-11/h11H,4-10H2,1-3H3,(H,14,15). The number of hydrogen-bond donors (Lipinski definition) is 1. The molecule has 0 atom stereocenters. The first-order chi connectivity index (χ1) is 7.47. The smallest absolute Gasteiger partial charge is 0.230 e. The van der Waals surface area contributed by atoms with Crippen LogP contribution in [0, 0.1) is 0 Å². The number of carbonyl (C=O) groups excluding carboxylic acids is 1. The number of hydrogen-bond acceptors (Lipinski definition) is 2. The van der Waals surface area contributed by atoms with Crippen molar-refractivity contribution in [2.75, 3.05) is 5.75 Å². The average molecular weight is 243 g/mol. The van der Waals surface area contributed by atoms with E-state index >= 15 is 0 Å². The van der Waals surface area contributed by atoms with Crippen molar-refractivity contribution in [2.24, 2.45) is 0 Å². The summed E-state index contributed by atoms with van der Waals surface area (Å²) in [4.78, 5) is 11.7. The molecule has 94 valence electrons. The highest BCUT2D eigenvalue weighted by molar-refractivity contribution is 8.01. The largest absolute Gasteiger partial charge is 0.353 e. The first-order valence-electron chi connectivity index (χ1n) is 6.41. The Morgan fingerprint density at radius 1 is 1.19 bits per heavy atom. The van der Waals surface area contributed by atoms with Crippen LogP contribution in [0.5, 0.6) is 0 Å². The number of thioether (sulfide) groups is 1. The van der Waals surface area contributed by atoms with Crippen LogP contribution in [0.1, 0.15) is 59.3 Å². The van der Waals surface area contributed by atoms with Gasteiger partial charge in [-0.05, 0) is 12.8 Å². The Kier molecular flexibility index (Phi) is 5.67. The predicted octanol–water partition coefficient (Wildman–Crippen LogP) is 3.36. The third-order valence-corrected chi connectivity index (χ3v) is 4.13. The van der Waals surface area contributed by atoms with E-state index in [1.807, 2.05) is 0 Å². The molecular formula is C13H25NOS. The fourth-order valence-electron chi connectivity index (χ4n) is 1.98. The van der Waals surface area contributed by atoms with E-state index in [2.05, 4.69) is 26.1 Å². The van der Waals surface area contributed by atoms with Gasteiger partial charge in [0.1, 0.15) is 0 Å². The molecule has 1 amide bonds. The number of carbonyl (C=O) groups is 1. The second-order valence-corrected chi connectivity index (χ2v) is 7.46. The summed E-state index contributed by atoms with van der Waals surface area (Å²) in [6, 6.07) is 0.440. The van der Waals surface area contributed by atoms with Gasteiger partial charge in [-0.2, -0.15) is 0 Å². The van der Waals surface area contributed by atoms with Crippen LogP contribution in [0.2, 0.25) is 0 Å². The zero-order chi connectivity index (χ0) is 12.0. The van der Waals surface area contributed by atoms with Gasteiger partial charge in [-0.3, -0.25) is 4.79 Å². The minimum absolute atomic E-state index is 0.181. The van der Waals surface area contributed by atoms with Crippen molar-refractivity contribution in [3.8, 4) is 0 Å². The van der Waals surface area contributed by atoms with Crippen LogP contribution in [0.15, 0.2) is 0 Å². The maximum atomic E-state index is 11.7. The monoisotopic (exact) mass is 243 g/mol. The van der Waals surface area contributed by atoms with Crippen LogP contribution in [0.25, 0.3) is 0 Å². The maximum Gasteiger partial charge on any atom is 0.230 e. The van der Waals surface area contributed by atoms with Crippen molar-refractivity contribution < 1.29 is 4.79 Å². The average Bonchev–Trinajstić information content (AvgIpc) is 2.42. The van der Waals surface area contributed by atoms with E-state index in [4.69, 9.17) is 0 Å². The summed E-state index contributed by atoms with van der Waals surface area (Å²) >= 11 is 1.72. The molecular weight excluding hydrogens is 218 g/mol. The van der Waals surface area contributed by atoms with Crippen molar-refractivity contribution >= 4 is 17.7 Å². The normalized spacial score (nSPS) is 19.2. The van der Waals surface area contributed by atoms with Gasteiger partial charge in [0.05, 0.1) is 5.75 Å². The Labute approximate surface area is 104 Å². The van der Waals surface area contributed by atoms with Crippen molar-refractivity contribution in [2.45, 2.75) is 70.1 Å². The summed E-state index contributed by atoms with van der Waals surface area (Å²) in [5, 5.41) is 3.17. The Morgan fingerprint density at radius 2 is 1.75 bits per heavy atom. The van der Waals surface area contributed by atoms with Gasteiger partial charge in [0, 0.05) is 10.8 Å². The summed E-state index contributed by atoms with van der Waals surface area (Å²) < 4.78 is 0.181. The lowest BCUT2D eigenvalue weighted by Gasteiger charge is -2.20. The highest BCUT2D eigenvalue weighted by Crippen LogP contribution is 2.23. The SMILES string of the molecule is CC(C)(C)SCC(=O)NC1CCCCCC1. The molecule has 1 fully saturated rings. The third-order valence-electron chi connectivity index (χ3n) is 2.86. The molecule has 0 aromatic heterocycles. The van der Waals surface area contributed by atoms with E-state index in [9.17, 15) is 4.79 Å². The minimum atomic E-state index is 0.181. The topological polar surface area (TPSA) is 29.1 Å².